The zero-order valence-electron chi connectivity index (χ0n) is 24.7. The average Bonchev–Trinajstić information content (AvgIpc) is 3.53. The number of phenolic OH excluding ortho intramolecular Hbond substituents is 2. The minimum Gasteiger partial charge on any atom is -0.508 e. The first-order valence-electron chi connectivity index (χ1n) is 14.6. The fourth-order valence-corrected chi connectivity index (χ4v) is 5.34. The van der Waals surface area contributed by atoms with E-state index in [0.29, 0.717) is 17.9 Å². The molecule has 0 aliphatic heterocycles. The number of aromatic hydroxyl groups is 2. The topological polar surface area (TPSA) is 125 Å². The summed E-state index contributed by atoms with van der Waals surface area (Å²) in [5.41, 5.74) is 4.86. The van der Waals surface area contributed by atoms with E-state index in [2.05, 4.69) is 15.3 Å². The van der Waals surface area contributed by atoms with Crippen molar-refractivity contribution in [1.82, 2.24) is 15.3 Å². The number of rotatable bonds is 10. The van der Waals surface area contributed by atoms with Crippen molar-refractivity contribution in [3.05, 3.63) is 100 Å². The lowest BCUT2D eigenvalue weighted by molar-refractivity contribution is -0.150. The number of halogens is 1. The molecular formula is C34H35ClN4O5. The monoisotopic (exact) mass is 614 g/mol. The van der Waals surface area contributed by atoms with E-state index in [1.807, 2.05) is 55.5 Å². The Morgan fingerprint density at radius 3 is 2.39 bits per heavy atom. The molecule has 1 amide bonds. The van der Waals surface area contributed by atoms with Crippen molar-refractivity contribution in [3.8, 4) is 22.8 Å². The number of esters is 1. The molecule has 5 rings (SSSR count). The molecule has 4 aromatic rings. The molecule has 1 aromatic heterocycles. The molecule has 1 unspecified atom stereocenters. The molecule has 3 N–H and O–H groups in total. The second kappa shape index (κ2) is 13.9. The highest BCUT2D eigenvalue weighted by atomic mass is 35.5. The van der Waals surface area contributed by atoms with Crippen LogP contribution in [-0.4, -0.2) is 44.2 Å². The Hall–Kier alpha value is -4.47. The number of hydrogen-bond donors (Lipinski definition) is 3. The second-order valence-electron chi connectivity index (χ2n) is 11.1. The number of carbonyl (C=O) groups is 2. The quantitative estimate of drug-likeness (QED) is 0.140. The van der Waals surface area contributed by atoms with Crippen LogP contribution < -0.4 is 10.2 Å². The van der Waals surface area contributed by atoms with Crippen molar-refractivity contribution in [2.45, 2.75) is 64.8 Å². The molecule has 1 fully saturated rings. The Bertz CT molecular complexity index is 1620. The lowest BCUT2D eigenvalue weighted by Crippen LogP contribution is -2.36. The zero-order chi connectivity index (χ0) is 31.2. The van der Waals surface area contributed by atoms with Crippen LogP contribution in [0, 0.1) is 6.92 Å². The van der Waals surface area contributed by atoms with Gasteiger partial charge in [-0.05, 0) is 92.1 Å². The van der Waals surface area contributed by atoms with Gasteiger partial charge in [-0.25, -0.2) is 9.97 Å². The van der Waals surface area contributed by atoms with Crippen LogP contribution in [0.2, 0.25) is 5.28 Å². The average molecular weight is 615 g/mol. The van der Waals surface area contributed by atoms with Gasteiger partial charge in [0.2, 0.25) is 5.28 Å². The van der Waals surface area contributed by atoms with Gasteiger partial charge in [0.15, 0.2) is 0 Å². The van der Waals surface area contributed by atoms with Crippen LogP contribution >= 0.6 is 11.6 Å². The van der Waals surface area contributed by atoms with Gasteiger partial charge in [-0.1, -0.05) is 36.4 Å². The highest BCUT2D eigenvalue weighted by Gasteiger charge is 2.24. The summed E-state index contributed by atoms with van der Waals surface area (Å²) in [5, 5.41) is 23.6. The molecule has 3 aromatic carbocycles. The third-order valence-electron chi connectivity index (χ3n) is 7.77. The van der Waals surface area contributed by atoms with E-state index in [1.165, 1.54) is 12.1 Å². The van der Waals surface area contributed by atoms with Gasteiger partial charge >= 0.3 is 5.97 Å². The highest BCUT2D eigenvalue weighted by Crippen LogP contribution is 2.30. The minimum absolute atomic E-state index is 0.0336. The van der Waals surface area contributed by atoms with Crippen molar-refractivity contribution in [1.29, 1.82) is 0 Å². The number of phenols is 2. The van der Waals surface area contributed by atoms with Crippen molar-refractivity contribution >= 4 is 29.2 Å². The van der Waals surface area contributed by atoms with Crippen LogP contribution in [-0.2, 0) is 22.6 Å². The summed E-state index contributed by atoms with van der Waals surface area (Å²) in [4.78, 5) is 36.1. The lowest BCUT2D eigenvalue weighted by atomic mass is 10.1. The maximum absolute atomic E-state index is 13.8. The van der Waals surface area contributed by atoms with Gasteiger partial charge in [-0.2, -0.15) is 0 Å². The second-order valence-corrected chi connectivity index (χ2v) is 11.4. The molecule has 1 heterocycles. The largest absolute Gasteiger partial charge is 0.508 e. The summed E-state index contributed by atoms with van der Waals surface area (Å²) < 4.78 is 5.60. The van der Waals surface area contributed by atoms with E-state index >= 15 is 0 Å². The Balaban J connectivity index is 1.32. The highest BCUT2D eigenvalue weighted by molar-refractivity contribution is 6.28. The number of amides is 1. The molecule has 9 nitrogen and oxygen atoms in total. The molecule has 0 bridgehead atoms. The van der Waals surface area contributed by atoms with Gasteiger partial charge < -0.3 is 25.2 Å². The molecule has 0 saturated heterocycles. The lowest BCUT2D eigenvalue weighted by Gasteiger charge is -2.24. The first kappa shape index (κ1) is 31.0. The fraction of sp³-hybridized carbons (Fsp3) is 0.294. The molecule has 1 saturated carbocycles. The van der Waals surface area contributed by atoms with Crippen LogP contribution in [0.4, 0.5) is 5.69 Å². The van der Waals surface area contributed by atoms with Gasteiger partial charge in [-0.15, -0.1) is 0 Å². The summed E-state index contributed by atoms with van der Waals surface area (Å²) in [6.07, 6.45) is 5.78. The van der Waals surface area contributed by atoms with E-state index < -0.39 is 11.9 Å². The number of benzene rings is 3. The van der Waals surface area contributed by atoms with Crippen molar-refractivity contribution in [2.24, 2.45) is 0 Å². The number of hydrogen-bond acceptors (Lipinski definition) is 8. The minimum atomic E-state index is -0.433. The van der Waals surface area contributed by atoms with Crippen LogP contribution in [0.5, 0.6) is 11.5 Å². The number of aryl methyl sites for hydroxylation is 1. The summed E-state index contributed by atoms with van der Waals surface area (Å²) in [6, 6.07) is 18.6. The van der Waals surface area contributed by atoms with Crippen molar-refractivity contribution in [3.63, 3.8) is 0 Å². The molecule has 44 heavy (non-hydrogen) atoms. The first-order valence-corrected chi connectivity index (χ1v) is 15.0. The van der Waals surface area contributed by atoms with Crippen LogP contribution in [0.25, 0.3) is 11.3 Å². The number of nitrogens with zero attached hydrogens (tertiary/aromatic N) is 3. The number of nitrogens with one attached hydrogen (secondary N) is 1. The van der Waals surface area contributed by atoms with Gasteiger partial charge in [0, 0.05) is 30.1 Å². The van der Waals surface area contributed by atoms with Gasteiger partial charge in [0.25, 0.3) is 5.91 Å². The molecular weight excluding hydrogens is 580 g/mol. The molecule has 10 heteroatoms. The smallest absolute Gasteiger partial charge is 0.323 e. The van der Waals surface area contributed by atoms with E-state index in [-0.39, 0.29) is 41.0 Å². The Labute approximate surface area is 261 Å². The Morgan fingerprint density at radius 2 is 1.70 bits per heavy atom. The molecule has 1 aliphatic carbocycles. The van der Waals surface area contributed by atoms with E-state index in [1.54, 1.807) is 18.0 Å². The van der Waals surface area contributed by atoms with E-state index in [0.717, 1.165) is 54.0 Å². The van der Waals surface area contributed by atoms with E-state index in [4.69, 9.17) is 16.3 Å². The number of carbonyl (C=O) groups excluding carboxylic acids is 2. The summed E-state index contributed by atoms with van der Waals surface area (Å²) in [6.45, 7) is 4.40. The maximum atomic E-state index is 13.8. The van der Waals surface area contributed by atoms with Gasteiger partial charge in [0.1, 0.15) is 23.6 Å². The summed E-state index contributed by atoms with van der Waals surface area (Å²) in [7, 11) is 0. The SMILES string of the molecule is Cc1cnc(Cl)nc1-c1ccc(N(Cc2ccc(CNC(C)C(=O)OC3CCCC3)cc2)C(=O)c2ccc(O)cc2O)cc1. The van der Waals surface area contributed by atoms with Crippen LogP contribution in [0.1, 0.15) is 59.7 Å². The standard InChI is InChI=1S/C34H35ClN4O5/c1-21-18-37-34(35)38-31(21)25-11-13-26(14-12-25)39(32(42)29-16-15-27(40)17-30(29)41)20-24-9-7-23(8-10-24)19-36-22(2)33(43)44-28-5-3-4-6-28/h7-18,22,28,36,40-41H,3-6,19-20H2,1-2H3. The molecule has 0 spiro atoms. The number of ether oxygens (including phenoxy) is 1. The van der Waals surface area contributed by atoms with Gasteiger partial charge in [0.05, 0.1) is 17.8 Å². The summed E-state index contributed by atoms with van der Waals surface area (Å²) in [5.74, 6) is -1.12. The fourth-order valence-electron chi connectivity index (χ4n) is 5.21. The molecule has 1 aliphatic rings. The molecule has 228 valence electrons. The number of anilines is 1. The third kappa shape index (κ3) is 7.53. The Morgan fingerprint density at radius 1 is 1.02 bits per heavy atom. The van der Waals surface area contributed by atoms with Gasteiger partial charge in [-0.3, -0.25) is 9.59 Å². The predicted octanol–water partition coefficient (Wildman–Crippen LogP) is 6.33. The van der Waals surface area contributed by atoms with Crippen molar-refractivity contribution < 1.29 is 24.5 Å². The predicted molar refractivity (Wildman–Crippen MR) is 169 cm³/mol. The first-order chi connectivity index (χ1) is 21.2. The third-order valence-corrected chi connectivity index (χ3v) is 7.95. The number of aromatic nitrogens is 2. The van der Waals surface area contributed by atoms with Crippen LogP contribution in [0.15, 0.2) is 72.9 Å². The van der Waals surface area contributed by atoms with Crippen molar-refractivity contribution in [2.75, 3.05) is 4.90 Å². The Kier molecular flexibility index (Phi) is 9.77. The van der Waals surface area contributed by atoms with E-state index in [9.17, 15) is 19.8 Å². The maximum Gasteiger partial charge on any atom is 0.323 e. The molecule has 0 radical (unpaired) electrons. The zero-order valence-corrected chi connectivity index (χ0v) is 25.4. The summed E-state index contributed by atoms with van der Waals surface area (Å²) >= 11 is 6.02. The molecule has 1 atom stereocenters. The van der Waals surface area contributed by atoms with Crippen LogP contribution in [0.3, 0.4) is 0 Å². The normalized spacial score (nSPS) is 13.9.